The summed E-state index contributed by atoms with van der Waals surface area (Å²) in [6.45, 7) is 8.28. The van der Waals surface area contributed by atoms with E-state index in [0.717, 1.165) is 12.8 Å². The molecule has 0 fully saturated rings. The van der Waals surface area contributed by atoms with Crippen molar-refractivity contribution in [3.8, 4) is 0 Å². The molecule has 2 rings (SSSR count). The van der Waals surface area contributed by atoms with Gasteiger partial charge >= 0.3 is 0 Å². The van der Waals surface area contributed by atoms with Crippen LogP contribution in [-0.4, -0.2) is 4.98 Å². The fraction of sp³-hybridized carbons (Fsp3) is 0.333. The normalized spacial score (nSPS) is 13.7. The van der Waals surface area contributed by atoms with Crippen molar-refractivity contribution in [1.82, 2.24) is 4.98 Å². The first kappa shape index (κ1) is 13.7. The molecular weight excluding hydrogens is 230 g/mol. The Bertz CT molecular complexity index is 574. The third-order valence-electron chi connectivity index (χ3n) is 3.74. The number of para-hydroxylation sites is 1. The van der Waals surface area contributed by atoms with Crippen molar-refractivity contribution in [3.63, 3.8) is 0 Å². The van der Waals surface area contributed by atoms with E-state index >= 15 is 0 Å². The van der Waals surface area contributed by atoms with Crippen LogP contribution in [-0.2, 0) is 6.42 Å². The van der Waals surface area contributed by atoms with Crippen molar-refractivity contribution in [1.29, 1.82) is 0 Å². The van der Waals surface area contributed by atoms with Crippen LogP contribution in [0.3, 0.4) is 0 Å². The molecule has 0 radical (unpaired) electrons. The van der Waals surface area contributed by atoms with Gasteiger partial charge in [-0.2, -0.15) is 0 Å². The molecule has 0 spiro atoms. The summed E-state index contributed by atoms with van der Waals surface area (Å²) in [6, 6.07) is 8.48. The van der Waals surface area contributed by atoms with Crippen molar-refractivity contribution >= 4 is 10.9 Å². The number of aromatic amines is 1. The number of hydrogen-bond acceptors (Lipinski definition) is 0. The van der Waals surface area contributed by atoms with Crippen molar-refractivity contribution < 1.29 is 0 Å². The standard InChI is InChI=1S/C18H23N/c1-4-14(2)9-10-15(3)11-12-16-13-19-18-8-6-5-7-17(16)18/h4-8,11,13-14,19H,1,9-10,12H2,2-3H3/b15-11+. The molecule has 1 aromatic heterocycles. The number of hydrogen-bond donors (Lipinski definition) is 1. The van der Waals surface area contributed by atoms with Crippen molar-refractivity contribution in [2.24, 2.45) is 5.92 Å². The maximum Gasteiger partial charge on any atom is 0.0456 e. The van der Waals surface area contributed by atoms with Gasteiger partial charge < -0.3 is 4.98 Å². The zero-order valence-electron chi connectivity index (χ0n) is 11.9. The number of benzene rings is 1. The molecule has 0 aliphatic rings. The Morgan fingerprint density at radius 3 is 2.95 bits per heavy atom. The van der Waals surface area contributed by atoms with E-state index in [2.05, 4.69) is 61.9 Å². The molecule has 1 nitrogen and oxygen atoms in total. The molecule has 1 heterocycles. The van der Waals surface area contributed by atoms with E-state index in [1.54, 1.807) is 0 Å². The summed E-state index contributed by atoms with van der Waals surface area (Å²) >= 11 is 0. The average molecular weight is 253 g/mol. The zero-order chi connectivity index (χ0) is 13.7. The van der Waals surface area contributed by atoms with E-state index < -0.39 is 0 Å². The van der Waals surface area contributed by atoms with Gasteiger partial charge in [-0.1, -0.05) is 42.8 Å². The molecule has 0 saturated carbocycles. The van der Waals surface area contributed by atoms with Gasteiger partial charge in [-0.25, -0.2) is 0 Å². The van der Waals surface area contributed by atoms with Gasteiger partial charge in [0.25, 0.3) is 0 Å². The average Bonchev–Trinajstić information content (AvgIpc) is 2.85. The van der Waals surface area contributed by atoms with Gasteiger partial charge in [-0.3, -0.25) is 0 Å². The number of H-pyrrole nitrogens is 1. The van der Waals surface area contributed by atoms with Crippen LogP contribution >= 0.6 is 0 Å². The lowest BCUT2D eigenvalue weighted by molar-refractivity contribution is 0.645. The third-order valence-corrected chi connectivity index (χ3v) is 3.74. The van der Waals surface area contributed by atoms with Crippen LogP contribution in [0, 0.1) is 5.92 Å². The van der Waals surface area contributed by atoms with Crippen LogP contribution in [0.25, 0.3) is 10.9 Å². The van der Waals surface area contributed by atoms with E-state index in [4.69, 9.17) is 0 Å². The minimum atomic E-state index is 0.608. The molecule has 2 aromatic rings. The van der Waals surface area contributed by atoms with Crippen molar-refractivity contribution in [3.05, 3.63) is 60.3 Å². The first-order valence-corrected chi connectivity index (χ1v) is 7.04. The Kier molecular flexibility index (Phi) is 4.62. The quantitative estimate of drug-likeness (QED) is 0.676. The topological polar surface area (TPSA) is 15.8 Å². The number of aromatic nitrogens is 1. The van der Waals surface area contributed by atoms with Crippen molar-refractivity contribution in [2.45, 2.75) is 33.1 Å². The molecule has 1 atom stereocenters. The molecule has 1 N–H and O–H groups in total. The fourth-order valence-electron chi connectivity index (χ4n) is 2.26. The number of rotatable bonds is 6. The van der Waals surface area contributed by atoms with Crippen LogP contribution in [0.15, 0.2) is 54.8 Å². The first-order chi connectivity index (χ1) is 9.20. The minimum absolute atomic E-state index is 0.608. The molecule has 1 unspecified atom stereocenters. The molecule has 0 aliphatic carbocycles. The van der Waals surface area contributed by atoms with Crippen LogP contribution in [0.1, 0.15) is 32.3 Å². The third kappa shape index (κ3) is 3.60. The molecular formula is C18H23N. The highest BCUT2D eigenvalue weighted by atomic mass is 14.7. The van der Waals surface area contributed by atoms with Gasteiger partial charge in [0.15, 0.2) is 0 Å². The first-order valence-electron chi connectivity index (χ1n) is 7.04. The SMILES string of the molecule is C=CC(C)CC/C(C)=C/Cc1c[nH]c2ccccc12. The molecule has 0 saturated heterocycles. The van der Waals surface area contributed by atoms with Gasteiger partial charge in [0.1, 0.15) is 0 Å². The van der Waals surface area contributed by atoms with Crippen LogP contribution < -0.4 is 0 Å². The number of fused-ring (bicyclic) bond motifs is 1. The Labute approximate surface area is 116 Å². The van der Waals surface area contributed by atoms with Gasteiger partial charge in [-0.15, -0.1) is 6.58 Å². The smallest absolute Gasteiger partial charge is 0.0456 e. The maximum absolute atomic E-state index is 3.84. The molecule has 100 valence electrons. The molecule has 0 aliphatic heterocycles. The van der Waals surface area contributed by atoms with E-state index in [9.17, 15) is 0 Å². The fourth-order valence-corrected chi connectivity index (χ4v) is 2.26. The largest absolute Gasteiger partial charge is 0.361 e. The summed E-state index contributed by atoms with van der Waals surface area (Å²) in [5, 5.41) is 1.34. The van der Waals surface area contributed by atoms with Gasteiger partial charge in [0.2, 0.25) is 0 Å². The monoisotopic (exact) mass is 253 g/mol. The van der Waals surface area contributed by atoms with Crippen LogP contribution in [0.2, 0.25) is 0 Å². The second kappa shape index (κ2) is 6.42. The summed E-state index contributed by atoms with van der Waals surface area (Å²) in [5.41, 5.74) is 4.08. The Balaban J connectivity index is 1.99. The Morgan fingerprint density at radius 2 is 2.16 bits per heavy atom. The van der Waals surface area contributed by atoms with E-state index in [1.807, 2.05) is 6.08 Å². The molecule has 0 amide bonds. The van der Waals surface area contributed by atoms with Crippen LogP contribution in [0.5, 0.6) is 0 Å². The van der Waals surface area contributed by atoms with E-state index in [-0.39, 0.29) is 0 Å². The van der Waals surface area contributed by atoms with Crippen LogP contribution in [0.4, 0.5) is 0 Å². The molecule has 0 bridgehead atoms. The Morgan fingerprint density at radius 1 is 1.37 bits per heavy atom. The predicted molar refractivity (Wildman–Crippen MR) is 84.4 cm³/mol. The summed E-state index contributed by atoms with van der Waals surface area (Å²) < 4.78 is 0. The lowest BCUT2D eigenvalue weighted by Gasteiger charge is -2.05. The second-order valence-electron chi connectivity index (χ2n) is 5.37. The second-order valence-corrected chi connectivity index (χ2v) is 5.37. The lowest BCUT2D eigenvalue weighted by Crippen LogP contribution is -1.90. The van der Waals surface area contributed by atoms with E-state index in [0.29, 0.717) is 5.92 Å². The predicted octanol–water partition coefficient (Wildman–Crippen LogP) is 5.26. The zero-order valence-corrected chi connectivity index (χ0v) is 11.9. The molecule has 1 heteroatoms. The van der Waals surface area contributed by atoms with Gasteiger partial charge in [0, 0.05) is 17.1 Å². The van der Waals surface area contributed by atoms with Gasteiger partial charge in [0.05, 0.1) is 0 Å². The highest BCUT2D eigenvalue weighted by Crippen LogP contribution is 2.19. The number of nitrogens with one attached hydrogen (secondary N) is 1. The summed E-state index contributed by atoms with van der Waals surface area (Å²) in [5.74, 6) is 0.608. The molecule has 1 aromatic carbocycles. The minimum Gasteiger partial charge on any atom is -0.361 e. The number of allylic oxidation sites excluding steroid dienone is 3. The Hall–Kier alpha value is -1.76. The summed E-state index contributed by atoms with van der Waals surface area (Å²) in [7, 11) is 0. The summed E-state index contributed by atoms with van der Waals surface area (Å²) in [6.07, 6.45) is 9.88. The van der Waals surface area contributed by atoms with E-state index in [1.165, 1.54) is 28.5 Å². The highest BCUT2D eigenvalue weighted by molar-refractivity contribution is 5.83. The highest BCUT2D eigenvalue weighted by Gasteiger charge is 2.02. The maximum atomic E-state index is 3.84. The van der Waals surface area contributed by atoms with Gasteiger partial charge in [-0.05, 0) is 43.7 Å². The molecule has 19 heavy (non-hydrogen) atoms. The van der Waals surface area contributed by atoms with Crippen molar-refractivity contribution in [2.75, 3.05) is 0 Å². The summed E-state index contributed by atoms with van der Waals surface area (Å²) in [4.78, 5) is 3.33. The lowest BCUT2D eigenvalue weighted by atomic mass is 10.0.